The first-order chi connectivity index (χ1) is 9.20. The minimum Gasteiger partial charge on any atom is -0.329 e. The van der Waals surface area contributed by atoms with Crippen LogP contribution in [0, 0.1) is 11.3 Å². The minimum absolute atomic E-state index is 0.0536. The Morgan fingerprint density at radius 2 is 2.21 bits per heavy atom. The largest absolute Gasteiger partial charge is 0.329 e. The summed E-state index contributed by atoms with van der Waals surface area (Å²) in [6, 6.07) is 9.64. The van der Waals surface area contributed by atoms with Gasteiger partial charge in [0.05, 0.1) is 22.7 Å². The van der Waals surface area contributed by atoms with E-state index in [4.69, 9.17) is 5.26 Å². The zero-order valence-electron chi connectivity index (χ0n) is 10.8. The van der Waals surface area contributed by atoms with Gasteiger partial charge in [-0.2, -0.15) is 10.4 Å². The molecule has 2 heterocycles. The Bertz CT molecular complexity index is 761. The van der Waals surface area contributed by atoms with E-state index in [2.05, 4.69) is 23.1 Å². The molecule has 0 amide bonds. The maximum atomic E-state index is 8.93. The number of aryl methyl sites for hydroxylation is 1. The van der Waals surface area contributed by atoms with E-state index in [1.807, 2.05) is 46.8 Å². The number of nitriles is 1. The number of hydrogen-bond donors (Lipinski definition) is 0. The third kappa shape index (κ3) is 1.78. The SMILES string of the molecule is CC(c1nc2cc(C#N)ccc2n1C)n1cccn1. The minimum atomic E-state index is 0.0536. The number of hydrogen-bond acceptors (Lipinski definition) is 3. The van der Waals surface area contributed by atoms with Crippen LogP contribution in [0.2, 0.25) is 0 Å². The Hall–Kier alpha value is -2.61. The average Bonchev–Trinajstić information content (AvgIpc) is 3.06. The molecule has 0 spiro atoms. The van der Waals surface area contributed by atoms with Gasteiger partial charge in [-0.15, -0.1) is 0 Å². The second kappa shape index (κ2) is 4.25. The van der Waals surface area contributed by atoms with Crippen molar-refractivity contribution in [3.05, 3.63) is 48.0 Å². The molecule has 94 valence electrons. The molecule has 0 N–H and O–H groups in total. The van der Waals surface area contributed by atoms with Crippen molar-refractivity contribution >= 4 is 11.0 Å². The van der Waals surface area contributed by atoms with Gasteiger partial charge in [0.1, 0.15) is 11.9 Å². The van der Waals surface area contributed by atoms with Crippen molar-refractivity contribution in [2.75, 3.05) is 0 Å². The van der Waals surface area contributed by atoms with Crippen molar-refractivity contribution in [1.82, 2.24) is 19.3 Å². The van der Waals surface area contributed by atoms with Gasteiger partial charge >= 0.3 is 0 Å². The Kier molecular flexibility index (Phi) is 2.57. The molecule has 19 heavy (non-hydrogen) atoms. The first-order valence-corrected chi connectivity index (χ1v) is 6.06. The second-order valence-electron chi connectivity index (χ2n) is 4.51. The standard InChI is InChI=1S/C14H13N5/c1-10(19-7-3-6-16-19)14-17-12-8-11(9-15)4-5-13(12)18(14)2/h3-8,10H,1-2H3. The molecule has 0 fully saturated rings. The lowest BCUT2D eigenvalue weighted by Gasteiger charge is -2.11. The lowest BCUT2D eigenvalue weighted by Crippen LogP contribution is -2.12. The number of imidazole rings is 1. The van der Waals surface area contributed by atoms with Gasteiger partial charge in [-0.1, -0.05) is 0 Å². The van der Waals surface area contributed by atoms with Crippen LogP contribution in [0.25, 0.3) is 11.0 Å². The van der Waals surface area contributed by atoms with E-state index in [-0.39, 0.29) is 6.04 Å². The molecule has 3 rings (SSSR count). The highest BCUT2D eigenvalue weighted by molar-refractivity contribution is 5.77. The lowest BCUT2D eigenvalue weighted by atomic mass is 10.2. The summed E-state index contributed by atoms with van der Waals surface area (Å²) < 4.78 is 3.91. The fraction of sp³-hybridized carbons (Fsp3) is 0.214. The van der Waals surface area contributed by atoms with Crippen LogP contribution in [0.5, 0.6) is 0 Å². The molecule has 0 bridgehead atoms. The summed E-state index contributed by atoms with van der Waals surface area (Å²) in [5.74, 6) is 0.925. The maximum absolute atomic E-state index is 8.93. The van der Waals surface area contributed by atoms with Crippen molar-refractivity contribution in [3.8, 4) is 6.07 Å². The molecular weight excluding hydrogens is 238 g/mol. The number of fused-ring (bicyclic) bond motifs is 1. The predicted octanol–water partition coefficient (Wildman–Crippen LogP) is 2.25. The summed E-state index contributed by atoms with van der Waals surface area (Å²) >= 11 is 0. The van der Waals surface area contributed by atoms with Crippen LogP contribution in [0.15, 0.2) is 36.7 Å². The van der Waals surface area contributed by atoms with Crippen LogP contribution in [0.3, 0.4) is 0 Å². The average molecular weight is 251 g/mol. The van der Waals surface area contributed by atoms with Gasteiger partial charge in [0.25, 0.3) is 0 Å². The molecule has 0 aliphatic carbocycles. The predicted molar refractivity (Wildman–Crippen MR) is 71.5 cm³/mol. The molecule has 0 aliphatic heterocycles. The van der Waals surface area contributed by atoms with Crippen LogP contribution in [-0.4, -0.2) is 19.3 Å². The van der Waals surface area contributed by atoms with E-state index in [1.165, 1.54) is 0 Å². The molecule has 5 heteroatoms. The molecule has 2 aromatic heterocycles. The number of benzene rings is 1. The summed E-state index contributed by atoms with van der Waals surface area (Å²) in [5.41, 5.74) is 2.49. The highest BCUT2D eigenvalue weighted by atomic mass is 15.3. The topological polar surface area (TPSA) is 59.4 Å². The van der Waals surface area contributed by atoms with Gasteiger partial charge in [0, 0.05) is 19.4 Å². The lowest BCUT2D eigenvalue weighted by molar-refractivity contribution is 0.523. The first kappa shape index (κ1) is 11.5. The van der Waals surface area contributed by atoms with E-state index in [1.54, 1.807) is 6.20 Å². The van der Waals surface area contributed by atoms with Crippen LogP contribution >= 0.6 is 0 Å². The molecular formula is C14H13N5. The third-order valence-electron chi connectivity index (χ3n) is 3.34. The summed E-state index contributed by atoms with van der Waals surface area (Å²) in [5, 5.41) is 13.2. The molecule has 1 atom stereocenters. The summed E-state index contributed by atoms with van der Waals surface area (Å²) in [7, 11) is 1.98. The van der Waals surface area contributed by atoms with Gasteiger partial charge in [0.15, 0.2) is 0 Å². The Labute approximate surface area is 110 Å². The molecule has 0 saturated carbocycles. The zero-order chi connectivity index (χ0) is 13.4. The molecule has 0 aliphatic rings. The Morgan fingerprint density at radius 1 is 1.37 bits per heavy atom. The molecule has 1 aromatic carbocycles. The second-order valence-corrected chi connectivity index (χ2v) is 4.51. The number of nitrogens with zero attached hydrogens (tertiary/aromatic N) is 5. The van der Waals surface area contributed by atoms with Crippen LogP contribution in [0.1, 0.15) is 24.4 Å². The first-order valence-electron chi connectivity index (χ1n) is 6.06. The van der Waals surface area contributed by atoms with Gasteiger partial charge in [-0.3, -0.25) is 4.68 Å². The molecule has 0 saturated heterocycles. The van der Waals surface area contributed by atoms with E-state index < -0.39 is 0 Å². The molecule has 3 aromatic rings. The zero-order valence-corrected chi connectivity index (χ0v) is 10.8. The van der Waals surface area contributed by atoms with Crippen LogP contribution in [-0.2, 0) is 7.05 Å². The third-order valence-corrected chi connectivity index (χ3v) is 3.34. The van der Waals surface area contributed by atoms with Crippen LogP contribution in [0.4, 0.5) is 0 Å². The summed E-state index contributed by atoms with van der Waals surface area (Å²) in [4.78, 5) is 4.63. The van der Waals surface area contributed by atoms with Gasteiger partial charge in [-0.25, -0.2) is 4.98 Å². The van der Waals surface area contributed by atoms with Gasteiger partial charge in [0.2, 0.25) is 0 Å². The van der Waals surface area contributed by atoms with Gasteiger partial charge < -0.3 is 4.57 Å². The van der Waals surface area contributed by atoms with Gasteiger partial charge in [-0.05, 0) is 31.2 Å². The number of aromatic nitrogens is 4. The van der Waals surface area contributed by atoms with Crippen molar-refractivity contribution in [1.29, 1.82) is 5.26 Å². The monoisotopic (exact) mass is 251 g/mol. The Balaban J connectivity index is 2.15. The number of rotatable bonds is 2. The van der Waals surface area contributed by atoms with Crippen molar-refractivity contribution in [2.45, 2.75) is 13.0 Å². The van der Waals surface area contributed by atoms with E-state index >= 15 is 0 Å². The Morgan fingerprint density at radius 3 is 2.89 bits per heavy atom. The molecule has 5 nitrogen and oxygen atoms in total. The van der Waals surface area contributed by atoms with E-state index in [0.29, 0.717) is 5.56 Å². The summed E-state index contributed by atoms with van der Waals surface area (Å²) in [6.07, 6.45) is 3.68. The smallest absolute Gasteiger partial charge is 0.134 e. The normalized spacial score (nSPS) is 12.5. The fourth-order valence-corrected chi connectivity index (χ4v) is 2.29. The molecule has 1 unspecified atom stereocenters. The maximum Gasteiger partial charge on any atom is 0.134 e. The van der Waals surface area contributed by atoms with E-state index in [9.17, 15) is 0 Å². The van der Waals surface area contributed by atoms with Crippen molar-refractivity contribution in [2.24, 2.45) is 7.05 Å². The fourth-order valence-electron chi connectivity index (χ4n) is 2.29. The molecule has 0 radical (unpaired) electrons. The highest BCUT2D eigenvalue weighted by Gasteiger charge is 2.16. The summed E-state index contributed by atoms with van der Waals surface area (Å²) in [6.45, 7) is 2.05. The van der Waals surface area contributed by atoms with Crippen molar-refractivity contribution in [3.63, 3.8) is 0 Å². The van der Waals surface area contributed by atoms with Crippen LogP contribution < -0.4 is 0 Å². The van der Waals surface area contributed by atoms with Crippen molar-refractivity contribution < 1.29 is 0 Å². The quantitative estimate of drug-likeness (QED) is 0.701. The van der Waals surface area contributed by atoms with E-state index in [0.717, 1.165) is 16.9 Å². The highest BCUT2D eigenvalue weighted by Crippen LogP contribution is 2.22.